The Hall–Kier alpha value is -0.700. The highest BCUT2D eigenvalue weighted by Gasteiger charge is 2.79. The molecule has 2 aliphatic heterocycles. The molecule has 0 spiro atoms. The van der Waals surface area contributed by atoms with Crippen LogP contribution in [0.25, 0.3) is 0 Å². The fourth-order valence-electron chi connectivity index (χ4n) is 11.4. The molecule has 8 aliphatic rings. The summed E-state index contributed by atoms with van der Waals surface area (Å²) in [7, 11) is 0. The summed E-state index contributed by atoms with van der Waals surface area (Å²) in [5, 5.41) is 10.7. The van der Waals surface area contributed by atoms with Crippen LogP contribution in [0.1, 0.15) is 51.4 Å². The van der Waals surface area contributed by atoms with E-state index in [1.54, 1.807) is 0 Å². The summed E-state index contributed by atoms with van der Waals surface area (Å²) in [5.74, 6) is -2.82. The molecule has 0 aromatic carbocycles. The molecule has 44 heavy (non-hydrogen) atoms. The van der Waals surface area contributed by atoms with E-state index in [9.17, 15) is 31.4 Å². The molecule has 15 unspecified atom stereocenters. The van der Waals surface area contributed by atoms with Gasteiger partial charge in [-0.05, 0) is 86.9 Å². The molecule has 1 N–H and O–H groups in total. The molecule has 15 atom stereocenters. The number of fused-ring (bicyclic) bond motifs is 10. The minimum absolute atomic E-state index is 0.0630. The van der Waals surface area contributed by atoms with E-state index in [0.717, 1.165) is 0 Å². The van der Waals surface area contributed by atoms with Crippen LogP contribution in [-0.2, 0) is 28.4 Å². The van der Waals surface area contributed by atoms with E-state index < -0.39 is 71.3 Å². The monoisotopic (exact) mass is 640 g/mol. The third kappa shape index (κ3) is 4.56. The number of epoxide rings is 2. The zero-order valence-corrected chi connectivity index (χ0v) is 24.6. The van der Waals surface area contributed by atoms with Gasteiger partial charge in [0.25, 0.3) is 0 Å². The molecular weight excluding hydrogens is 598 g/mol. The first kappa shape index (κ1) is 30.6. The molecule has 8 fully saturated rings. The molecule has 0 aromatic rings. The van der Waals surface area contributed by atoms with E-state index in [2.05, 4.69) is 0 Å². The summed E-state index contributed by atoms with van der Waals surface area (Å²) in [6.45, 7) is 1.29. The summed E-state index contributed by atoms with van der Waals surface area (Å²) >= 11 is 0. The van der Waals surface area contributed by atoms with Gasteiger partial charge in [0.1, 0.15) is 18.3 Å². The van der Waals surface area contributed by atoms with Crippen molar-refractivity contribution in [3.05, 3.63) is 0 Å². The van der Waals surface area contributed by atoms with Crippen LogP contribution >= 0.6 is 0 Å². The van der Waals surface area contributed by atoms with Crippen LogP contribution < -0.4 is 0 Å². The molecule has 6 aliphatic carbocycles. The van der Waals surface area contributed by atoms with Crippen molar-refractivity contribution in [2.45, 2.75) is 106 Å². The Balaban J connectivity index is 0.869. The molecule has 2 saturated heterocycles. The average molecular weight is 641 g/mol. The largest absolute Gasteiger partial charge is 0.397 e. The van der Waals surface area contributed by atoms with Crippen LogP contribution in [0.15, 0.2) is 0 Å². The SMILES string of the molecule is OC(COC1CC2CC1C1CCC(OCC3CO3)C21C(F)(F)F)COC1CCC2C3CC(CC3OCC3CO3)C12C(F)(F)F. The van der Waals surface area contributed by atoms with Crippen LogP contribution in [0.2, 0.25) is 0 Å². The van der Waals surface area contributed by atoms with Crippen LogP contribution in [-0.4, -0.2) is 99.8 Å². The van der Waals surface area contributed by atoms with Crippen LogP contribution in [0.3, 0.4) is 0 Å². The van der Waals surface area contributed by atoms with Crippen molar-refractivity contribution in [2.75, 3.05) is 39.6 Å². The van der Waals surface area contributed by atoms with E-state index in [-0.39, 0.29) is 62.8 Å². The lowest BCUT2D eigenvalue weighted by atomic mass is 9.65. The van der Waals surface area contributed by atoms with E-state index in [0.29, 0.717) is 58.3 Å². The third-order valence-electron chi connectivity index (χ3n) is 13.0. The number of hydrogen-bond donors (Lipinski definition) is 1. The lowest BCUT2D eigenvalue weighted by Crippen LogP contribution is -2.55. The first-order valence-electron chi connectivity index (χ1n) is 16.5. The Bertz CT molecular complexity index is 1080. The first-order chi connectivity index (χ1) is 20.9. The molecule has 2 heterocycles. The highest BCUT2D eigenvalue weighted by molar-refractivity contribution is 5.20. The number of ether oxygens (including phenoxy) is 6. The maximum Gasteiger partial charge on any atom is 0.397 e. The molecule has 0 aromatic heterocycles. The minimum atomic E-state index is -4.44. The number of halogens is 6. The van der Waals surface area contributed by atoms with E-state index in [1.807, 2.05) is 0 Å². The van der Waals surface area contributed by atoms with Gasteiger partial charge in [0.05, 0.1) is 74.9 Å². The number of alkyl halides is 6. The topological polar surface area (TPSA) is 82.2 Å². The van der Waals surface area contributed by atoms with E-state index in [4.69, 9.17) is 28.4 Å². The van der Waals surface area contributed by atoms with Gasteiger partial charge in [-0.25, -0.2) is 0 Å². The molecular formula is C31H42F6O7. The fourth-order valence-corrected chi connectivity index (χ4v) is 11.4. The zero-order chi connectivity index (χ0) is 30.6. The molecule has 4 bridgehead atoms. The number of hydrogen-bond acceptors (Lipinski definition) is 7. The predicted octanol–water partition coefficient (Wildman–Crippen LogP) is 4.68. The lowest BCUT2D eigenvalue weighted by molar-refractivity contribution is -0.291. The number of aliphatic hydroxyl groups is 1. The van der Waals surface area contributed by atoms with Gasteiger partial charge in [0, 0.05) is 0 Å². The second kappa shape index (κ2) is 10.7. The van der Waals surface area contributed by atoms with Crippen molar-refractivity contribution in [2.24, 2.45) is 46.3 Å². The molecule has 250 valence electrons. The van der Waals surface area contributed by atoms with E-state index >= 15 is 0 Å². The molecule has 7 nitrogen and oxygen atoms in total. The Kier molecular flexibility index (Phi) is 7.41. The second-order valence-corrected chi connectivity index (χ2v) is 14.8. The average Bonchev–Trinajstić information content (AvgIpc) is 3.63. The van der Waals surface area contributed by atoms with Gasteiger partial charge in [-0.15, -0.1) is 0 Å². The molecule has 13 heteroatoms. The van der Waals surface area contributed by atoms with Crippen molar-refractivity contribution < 1.29 is 59.9 Å². The van der Waals surface area contributed by atoms with Crippen molar-refractivity contribution in [1.82, 2.24) is 0 Å². The fraction of sp³-hybridized carbons (Fsp3) is 1.00. The summed E-state index contributed by atoms with van der Waals surface area (Å²) in [4.78, 5) is 0. The second-order valence-electron chi connectivity index (χ2n) is 14.8. The quantitative estimate of drug-likeness (QED) is 0.245. The first-order valence-corrected chi connectivity index (χ1v) is 16.5. The maximum absolute atomic E-state index is 14.8. The maximum atomic E-state index is 14.8. The van der Waals surface area contributed by atoms with Gasteiger partial charge in [0.15, 0.2) is 0 Å². The van der Waals surface area contributed by atoms with Gasteiger partial charge in [-0.1, -0.05) is 0 Å². The normalized spacial score (nSPS) is 50.8. The molecule has 0 amide bonds. The van der Waals surface area contributed by atoms with Crippen molar-refractivity contribution >= 4 is 0 Å². The van der Waals surface area contributed by atoms with Gasteiger partial charge >= 0.3 is 12.4 Å². The summed E-state index contributed by atoms with van der Waals surface area (Å²) < 4.78 is 123. The minimum Gasteiger partial charge on any atom is -0.388 e. The van der Waals surface area contributed by atoms with Crippen molar-refractivity contribution in [3.8, 4) is 0 Å². The van der Waals surface area contributed by atoms with Crippen molar-refractivity contribution in [1.29, 1.82) is 0 Å². The van der Waals surface area contributed by atoms with Crippen LogP contribution in [0, 0.1) is 46.3 Å². The summed E-state index contributed by atoms with van der Waals surface area (Å²) in [6.07, 6.45) is -9.71. The highest BCUT2D eigenvalue weighted by atomic mass is 19.4. The number of rotatable bonds is 12. The Labute approximate surface area is 252 Å². The highest BCUT2D eigenvalue weighted by Crippen LogP contribution is 2.74. The predicted molar refractivity (Wildman–Crippen MR) is 139 cm³/mol. The van der Waals surface area contributed by atoms with Crippen LogP contribution in [0.4, 0.5) is 26.3 Å². The Morgan fingerprint density at radius 3 is 1.59 bits per heavy atom. The van der Waals surface area contributed by atoms with Gasteiger partial charge < -0.3 is 33.5 Å². The Morgan fingerprint density at radius 1 is 0.636 bits per heavy atom. The summed E-state index contributed by atoms with van der Waals surface area (Å²) in [5.41, 5.74) is -3.82. The number of aliphatic hydroxyl groups excluding tert-OH is 1. The van der Waals surface area contributed by atoms with E-state index in [1.165, 1.54) is 0 Å². The molecule has 0 radical (unpaired) electrons. The summed E-state index contributed by atoms with van der Waals surface area (Å²) in [6, 6.07) is 0. The standard InChI is InChI=1S/C31H42F6O7/c32-30(33,34)28-16-6-21(25(8-16)42-13-18-11-39-18)23(28)1-3-26(28)43-10-17(38)9-41-24-7-15-5-20(24)22-2-4-27(44-14-19-12-40-19)29(15,22)31(35,36)37/h15-27,38H,1-14H2. The van der Waals surface area contributed by atoms with Gasteiger partial charge in [0.2, 0.25) is 0 Å². The smallest absolute Gasteiger partial charge is 0.388 e. The zero-order valence-electron chi connectivity index (χ0n) is 24.6. The van der Waals surface area contributed by atoms with Crippen molar-refractivity contribution in [3.63, 3.8) is 0 Å². The Morgan fingerprint density at radius 2 is 1.09 bits per heavy atom. The van der Waals surface area contributed by atoms with Crippen LogP contribution in [0.5, 0.6) is 0 Å². The molecule has 6 saturated carbocycles. The van der Waals surface area contributed by atoms with Gasteiger partial charge in [-0.3, -0.25) is 0 Å². The lowest BCUT2D eigenvalue weighted by Gasteiger charge is -2.46. The molecule has 8 rings (SSSR count). The third-order valence-corrected chi connectivity index (χ3v) is 13.0. The van der Waals surface area contributed by atoms with Gasteiger partial charge in [-0.2, -0.15) is 26.3 Å².